The third-order valence-electron chi connectivity index (χ3n) is 3.56. The molecule has 0 spiro atoms. The van der Waals surface area contributed by atoms with Gasteiger partial charge in [-0.25, -0.2) is 0 Å². The summed E-state index contributed by atoms with van der Waals surface area (Å²) in [6, 6.07) is 0. The Labute approximate surface area is 115 Å². The maximum absolute atomic E-state index is 12.3. The number of unbranched alkanes of at least 4 members (excludes halogenated alkanes) is 1. The van der Waals surface area contributed by atoms with Crippen LogP contribution in [0.2, 0.25) is 0 Å². The van der Waals surface area contributed by atoms with Crippen molar-refractivity contribution < 1.29 is 18.3 Å². The lowest BCUT2D eigenvalue weighted by atomic mass is 10.0. The van der Waals surface area contributed by atoms with E-state index in [4.69, 9.17) is 5.11 Å². The van der Waals surface area contributed by atoms with Crippen LogP contribution >= 0.6 is 0 Å². The highest BCUT2D eigenvalue weighted by molar-refractivity contribution is 7.86. The molecule has 1 saturated heterocycles. The predicted octanol–water partition coefficient (Wildman–Crippen LogP) is 1.15. The maximum Gasteiger partial charge on any atom is 0.303 e. The lowest BCUT2D eigenvalue weighted by molar-refractivity contribution is -0.137. The normalized spacial score (nSPS) is 21.1. The number of carboxylic acid groups (broad SMARTS) is 1. The first-order chi connectivity index (χ1) is 8.87. The zero-order chi connectivity index (χ0) is 14.5. The molecule has 0 saturated carbocycles. The molecule has 0 radical (unpaired) electrons. The Hall–Kier alpha value is -0.660. The molecule has 0 amide bonds. The molecule has 7 heteroatoms. The van der Waals surface area contributed by atoms with Crippen molar-refractivity contribution in [3.05, 3.63) is 0 Å². The second-order valence-electron chi connectivity index (χ2n) is 5.13. The Bertz CT molecular complexity index is 397. The highest BCUT2D eigenvalue weighted by Crippen LogP contribution is 2.24. The van der Waals surface area contributed by atoms with Crippen LogP contribution in [0.25, 0.3) is 0 Å². The van der Waals surface area contributed by atoms with Gasteiger partial charge < -0.3 is 5.11 Å². The first-order valence-corrected chi connectivity index (χ1v) is 8.20. The van der Waals surface area contributed by atoms with Crippen LogP contribution in [0, 0.1) is 5.92 Å². The van der Waals surface area contributed by atoms with Gasteiger partial charge in [0.1, 0.15) is 0 Å². The first-order valence-electron chi connectivity index (χ1n) is 6.81. The van der Waals surface area contributed by atoms with Crippen LogP contribution in [0.4, 0.5) is 0 Å². The molecule has 0 aromatic rings. The third-order valence-corrected chi connectivity index (χ3v) is 5.52. The lowest BCUT2D eigenvalue weighted by Crippen LogP contribution is -2.41. The van der Waals surface area contributed by atoms with Crippen molar-refractivity contribution in [1.29, 1.82) is 0 Å². The molecule has 1 aliphatic rings. The van der Waals surface area contributed by atoms with Crippen molar-refractivity contribution >= 4 is 16.2 Å². The van der Waals surface area contributed by atoms with E-state index in [0.29, 0.717) is 26.1 Å². The Kier molecular flexibility index (Phi) is 6.22. The molecule has 1 aliphatic heterocycles. The quantitative estimate of drug-likeness (QED) is 0.728. The Morgan fingerprint density at radius 1 is 1.47 bits per heavy atom. The number of hydrogen-bond donors (Lipinski definition) is 1. The van der Waals surface area contributed by atoms with Gasteiger partial charge in [-0.15, -0.1) is 0 Å². The first kappa shape index (κ1) is 16.4. The van der Waals surface area contributed by atoms with Gasteiger partial charge in [-0.3, -0.25) is 4.79 Å². The molecule has 1 rings (SSSR count). The standard InChI is InChI=1S/C12H24N2O4S/c1-3-4-8-13(2)19(17,18)14-9-7-11(10-14)5-6-12(15)16/h11H,3-10H2,1-2H3,(H,15,16). The number of rotatable bonds is 8. The fourth-order valence-electron chi connectivity index (χ4n) is 2.26. The summed E-state index contributed by atoms with van der Waals surface area (Å²) in [5, 5.41) is 8.64. The summed E-state index contributed by atoms with van der Waals surface area (Å²) in [7, 11) is -1.76. The van der Waals surface area contributed by atoms with Crippen molar-refractivity contribution in [2.75, 3.05) is 26.7 Å². The van der Waals surface area contributed by atoms with E-state index in [1.807, 2.05) is 6.92 Å². The third kappa shape index (κ3) is 4.74. The van der Waals surface area contributed by atoms with Crippen LogP contribution in [0.15, 0.2) is 0 Å². The summed E-state index contributed by atoms with van der Waals surface area (Å²) in [4.78, 5) is 10.5. The van der Waals surface area contributed by atoms with Crippen LogP contribution in [-0.4, -0.2) is 54.8 Å². The number of aliphatic carboxylic acids is 1. The smallest absolute Gasteiger partial charge is 0.303 e. The largest absolute Gasteiger partial charge is 0.481 e. The van der Waals surface area contributed by atoms with Gasteiger partial charge in [0.05, 0.1) is 0 Å². The van der Waals surface area contributed by atoms with Crippen molar-refractivity contribution in [3.63, 3.8) is 0 Å². The van der Waals surface area contributed by atoms with E-state index in [1.54, 1.807) is 7.05 Å². The van der Waals surface area contributed by atoms with Gasteiger partial charge >= 0.3 is 5.97 Å². The van der Waals surface area contributed by atoms with Crippen molar-refractivity contribution in [2.24, 2.45) is 5.92 Å². The molecular formula is C12H24N2O4S. The van der Waals surface area contributed by atoms with Gasteiger partial charge in [-0.2, -0.15) is 17.0 Å². The monoisotopic (exact) mass is 292 g/mol. The molecule has 1 unspecified atom stereocenters. The van der Waals surface area contributed by atoms with E-state index < -0.39 is 16.2 Å². The molecule has 6 nitrogen and oxygen atoms in total. The summed E-state index contributed by atoms with van der Waals surface area (Å²) in [5.74, 6) is -0.646. The molecule has 19 heavy (non-hydrogen) atoms. The maximum atomic E-state index is 12.3. The average molecular weight is 292 g/mol. The van der Waals surface area contributed by atoms with Gasteiger partial charge in [-0.1, -0.05) is 13.3 Å². The number of nitrogens with zero attached hydrogens (tertiary/aromatic N) is 2. The Morgan fingerprint density at radius 2 is 2.16 bits per heavy atom. The van der Waals surface area contributed by atoms with E-state index in [9.17, 15) is 13.2 Å². The minimum atomic E-state index is -3.36. The predicted molar refractivity (Wildman–Crippen MR) is 73.0 cm³/mol. The Balaban J connectivity index is 2.50. The van der Waals surface area contributed by atoms with Gasteiger partial charge in [0, 0.05) is 33.1 Å². The minimum Gasteiger partial charge on any atom is -0.481 e. The minimum absolute atomic E-state index is 0.115. The van der Waals surface area contributed by atoms with Gasteiger partial charge in [0.25, 0.3) is 10.2 Å². The number of carbonyl (C=O) groups is 1. The summed E-state index contributed by atoms with van der Waals surface area (Å²) in [6.07, 6.45) is 3.24. The molecule has 0 aromatic carbocycles. The summed E-state index contributed by atoms with van der Waals surface area (Å²) in [6.45, 7) is 3.52. The van der Waals surface area contributed by atoms with Crippen molar-refractivity contribution in [3.8, 4) is 0 Å². The van der Waals surface area contributed by atoms with Crippen molar-refractivity contribution in [2.45, 2.75) is 39.0 Å². The molecular weight excluding hydrogens is 268 g/mol. The number of hydrogen-bond acceptors (Lipinski definition) is 3. The summed E-state index contributed by atoms with van der Waals surface area (Å²) < 4.78 is 27.4. The molecule has 1 heterocycles. The highest BCUT2D eigenvalue weighted by Gasteiger charge is 2.33. The van der Waals surface area contributed by atoms with E-state index in [2.05, 4.69) is 0 Å². The van der Waals surface area contributed by atoms with Crippen LogP contribution in [0.5, 0.6) is 0 Å². The molecule has 0 aliphatic carbocycles. The SMILES string of the molecule is CCCCN(C)S(=O)(=O)N1CCC(CCC(=O)O)C1. The fourth-order valence-corrected chi connectivity index (χ4v) is 3.75. The second kappa shape index (κ2) is 7.21. The van der Waals surface area contributed by atoms with Crippen LogP contribution in [0.1, 0.15) is 39.0 Å². The van der Waals surface area contributed by atoms with E-state index in [0.717, 1.165) is 19.3 Å². The summed E-state index contributed by atoms with van der Waals surface area (Å²) in [5.41, 5.74) is 0. The van der Waals surface area contributed by atoms with Crippen LogP contribution < -0.4 is 0 Å². The topological polar surface area (TPSA) is 77.9 Å². The Morgan fingerprint density at radius 3 is 2.74 bits per heavy atom. The zero-order valence-electron chi connectivity index (χ0n) is 11.7. The molecule has 1 fully saturated rings. The van der Waals surface area contributed by atoms with Gasteiger partial charge in [0.15, 0.2) is 0 Å². The van der Waals surface area contributed by atoms with Crippen LogP contribution in [0.3, 0.4) is 0 Å². The molecule has 112 valence electrons. The van der Waals surface area contributed by atoms with Crippen molar-refractivity contribution in [1.82, 2.24) is 8.61 Å². The van der Waals surface area contributed by atoms with Crippen LogP contribution in [-0.2, 0) is 15.0 Å². The molecule has 0 bridgehead atoms. The fraction of sp³-hybridized carbons (Fsp3) is 0.917. The van der Waals surface area contributed by atoms with E-state index in [-0.39, 0.29) is 12.3 Å². The zero-order valence-corrected chi connectivity index (χ0v) is 12.5. The lowest BCUT2D eigenvalue weighted by Gasteiger charge is -2.24. The van der Waals surface area contributed by atoms with Gasteiger partial charge in [0.2, 0.25) is 0 Å². The van der Waals surface area contributed by atoms with E-state index >= 15 is 0 Å². The van der Waals surface area contributed by atoms with E-state index in [1.165, 1.54) is 8.61 Å². The highest BCUT2D eigenvalue weighted by atomic mass is 32.2. The molecule has 0 aromatic heterocycles. The summed E-state index contributed by atoms with van der Waals surface area (Å²) >= 11 is 0. The van der Waals surface area contributed by atoms with Gasteiger partial charge in [-0.05, 0) is 25.2 Å². The molecule has 1 atom stereocenters. The average Bonchev–Trinajstić information content (AvgIpc) is 2.82. The second-order valence-corrected chi connectivity index (χ2v) is 7.16. The molecule has 1 N–H and O–H groups in total. The number of carboxylic acids is 1.